The van der Waals surface area contributed by atoms with Gasteiger partial charge in [0.2, 0.25) is 0 Å². The summed E-state index contributed by atoms with van der Waals surface area (Å²) in [6.45, 7) is 1.81. The summed E-state index contributed by atoms with van der Waals surface area (Å²) in [7, 11) is 2.15. The van der Waals surface area contributed by atoms with Crippen LogP contribution in [0.4, 0.5) is 0 Å². The van der Waals surface area contributed by atoms with Crippen molar-refractivity contribution in [3.63, 3.8) is 0 Å². The van der Waals surface area contributed by atoms with E-state index >= 15 is 0 Å². The molecule has 104 valence electrons. The van der Waals surface area contributed by atoms with Crippen molar-refractivity contribution < 1.29 is 4.74 Å². The van der Waals surface area contributed by atoms with Gasteiger partial charge < -0.3 is 15.4 Å². The lowest BCUT2D eigenvalue weighted by molar-refractivity contribution is 0.233. The number of amidine groups is 1. The number of hydrogen-bond acceptors (Lipinski definition) is 3. The van der Waals surface area contributed by atoms with Crippen LogP contribution in [0.25, 0.3) is 0 Å². The molecule has 1 aromatic rings. The average molecular weight is 282 g/mol. The number of ether oxygens (including phenoxy) is 1. The minimum absolute atomic E-state index is 0.0181. The van der Waals surface area contributed by atoms with Crippen molar-refractivity contribution in [3.8, 4) is 5.75 Å². The van der Waals surface area contributed by atoms with Gasteiger partial charge in [0.15, 0.2) is 0 Å². The van der Waals surface area contributed by atoms with Gasteiger partial charge in [-0.2, -0.15) is 0 Å². The zero-order valence-electron chi connectivity index (χ0n) is 11.2. The van der Waals surface area contributed by atoms with Crippen LogP contribution in [0.3, 0.4) is 0 Å². The first-order valence-corrected chi connectivity index (χ1v) is 6.92. The maximum Gasteiger partial charge on any atom is 0.130 e. The standard InChI is InChI=1S/C14H20ClN3O/c1-18-7-2-3-11(18)6-8-19-13-5-4-10(15)9-12(13)14(16)17/h4-5,9,11H,2-3,6-8H2,1H3,(H3,16,17). The summed E-state index contributed by atoms with van der Waals surface area (Å²) in [5.41, 5.74) is 6.10. The average Bonchev–Trinajstić information content (AvgIpc) is 2.77. The second-order valence-corrected chi connectivity index (χ2v) is 5.40. The third kappa shape index (κ3) is 3.61. The molecule has 0 aliphatic carbocycles. The fourth-order valence-electron chi connectivity index (χ4n) is 2.49. The van der Waals surface area contributed by atoms with Crippen LogP contribution >= 0.6 is 11.6 Å². The number of likely N-dealkylation sites (tertiary alicyclic amines) is 1. The molecule has 1 unspecified atom stereocenters. The molecule has 4 nitrogen and oxygen atoms in total. The molecule has 3 N–H and O–H groups in total. The minimum Gasteiger partial charge on any atom is -0.493 e. The Kier molecular flexibility index (Phi) is 4.66. The molecular formula is C14H20ClN3O. The van der Waals surface area contributed by atoms with Crippen molar-refractivity contribution in [2.24, 2.45) is 5.73 Å². The number of nitrogens with one attached hydrogen (secondary N) is 1. The Morgan fingerprint density at radius 3 is 3.00 bits per heavy atom. The molecule has 1 aliphatic rings. The molecular weight excluding hydrogens is 262 g/mol. The van der Waals surface area contributed by atoms with Crippen LogP contribution in [-0.4, -0.2) is 37.0 Å². The molecule has 0 amide bonds. The predicted octanol–water partition coefficient (Wildman–Crippen LogP) is 2.49. The number of nitrogens with zero attached hydrogens (tertiary/aromatic N) is 1. The van der Waals surface area contributed by atoms with Gasteiger partial charge in [0, 0.05) is 11.1 Å². The Hall–Kier alpha value is -1.26. The van der Waals surface area contributed by atoms with Gasteiger partial charge in [0.05, 0.1) is 12.2 Å². The van der Waals surface area contributed by atoms with E-state index < -0.39 is 0 Å². The van der Waals surface area contributed by atoms with Crippen molar-refractivity contribution in [3.05, 3.63) is 28.8 Å². The normalized spacial score (nSPS) is 19.6. The number of nitrogens with two attached hydrogens (primary N) is 1. The summed E-state index contributed by atoms with van der Waals surface area (Å²) in [6.07, 6.45) is 3.50. The first kappa shape index (κ1) is 14.2. The summed E-state index contributed by atoms with van der Waals surface area (Å²) >= 11 is 5.90. The first-order valence-electron chi connectivity index (χ1n) is 6.55. The van der Waals surface area contributed by atoms with Crippen molar-refractivity contribution in [1.82, 2.24) is 4.90 Å². The SMILES string of the molecule is CN1CCCC1CCOc1ccc(Cl)cc1C(=N)N. The molecule has 1 fully saturated rings. The maximum absolute atomic E-state index is 7.54. The third-order valence-electron chi connectivity index (χ3n) is 3.61. The second-order valence-electron chi connectivity index (χ2n) is 4.97. The maximum atomic E-state index is 7.54. The van der Waals surface area contributed by atoms with Gasteiger partial charge in [-0.25, -0.2) is 0 Å². The number of benzene rings is 1. The molecule has 1 atom stereocenters. The molecule has 1 aliphatic heterocycles. The lowest BCUT2D eigenvalue weighted by Crippen LogP contribution is -2.26. The van der Waals surface area contributed by atoms with Crippen molar-refractivity contribution in [2.45, 2.75) is 25.3 Å². The zero-order valence-corrected chi connectivity index (χ0v) is 11.9. The fraction of sp³-hybridized carbons (Fsp3) is 0.500. The highest BCUT2D eigenvalue weighted by atomic mass is 35.5. The van der Waals surface area contributed by atoms with Gasteiger partial charge >= 0.3 is 0 Å². The summed E-state index contributed by atoms with van der Waals surface area (Å²) in [4.78, 5) is 2.37. The monoisotopic (exact) mass is 281 g/mol. The number of hydrogen-bond donors (Lipinski definition) is 2. The van der Waals surface area contributed by atoms with Crippen LogP contribution in [0.15, 0.2) is 18.2 Å². The van der Waals surface area contributed by atoms with Crippen LogP contribution in [0.5, 0.6) is 5.75 Å². The highest BCUT2D eigenvalue weighted by Crippen LogP contribution is 2.24. The van der Waals surface area contributed by atoms with Gasteiger partial charge in [0.1, 0.15) is 11.6 Å². The quantitative estimate of drug-likeness (QED) is 0.644. The molecule has 1 heterocycles. The minimum atomic E-state index is -0.0181. The Labute approximate surface area is 119 Å². The molecule has 0 bridgehead atoms. The Bertz CT molecular complexity index is 464. The van der Waals surface area contributed by atoms with Crippen LogP contribution in [0.1, 0.15) is 24.8 Å². The van der Waals surface area contributed by atoms with Crippen LogP contribution in [0.2, 0.25) is 5.02 Å². The summed E-state index contributed by atoms with van der Waals surface area (Å²) < 4.78 is 5.76. The number of rotatable bonds is 5. The van der Waals surface area contributed by atoms with Crippen molar-refractivity contribution in [2.75, 3.05) is 20.2 Å². The predicted molar refractivity (Wildman–Crippen MR) is 78.2 cm³/mol. The van der Waals surface area contributed by atoms with E-state index in [0.717, 1.165) is 6.42 Å². The Morgan fingerprint density at radius 2 is 2.37 bits per heavy atom. The van der Waals surface area contributed by atoms with Gasteiger partial charge in [-0.3, -0.25) is 5.41 Å². The molecule has 2 rings (SSSR count). The van der Waals surface area contributed by atoms with Crippen molar-refractivity contribution in [1.29, 1.82) is 5.41 Å². The number of nitrogen functional groups attached to an aromatic ring is 1. The molecule has 1 aromatic carbocycles. The lowest BCUT2D eigenvalue weighted by atomic mass is 10.1. The van der Waals surface area contributed by atoms with Gasteiger partial charge in [-0.1, -0.05) is 11.6 Å². The van der Waals surface area contributed by atoms with E-state index in [9.17, 15) is 0 Å². The molecule has 5 heteroatoms. The van der Waals surface area contributed by atoms with E-state index in [2.05, 4.69) is 11.9 Å². The van der Waals surface area contributed by atoms with Crippen LogP contribution in [0, 0.1) is 5.41 Å². The molecule has 0 radical (unpaired) electrons. The molecule has 1 saturated heterocycles. The van der Waals surface area contributed by atoms with E-state index in [1.54, 1.807) is 18.2 Å². The molecule has 0 spiro atoms. The molecule has 0 saturated carbocycles. The molecule has 19 heavy (non-hydrogen) atoms. The highest BCUT2D eigenvalue weighted by Gasteiger charge is 2.20. The van der Waals surface area contributed by atoms with E-state index in [-0.39, 0.29) is 5.84 Å². The van der Waals surface area contributed by atoms with E-state index in [4.69, 9.17) is 27.5 Å². The van der Waals surface area contributed by atoms with Crippen LogP contribution < -0.4 is 10.5 Å². The Morgan fingerprint density at radius 1 is 1.58 bits per heavy atom. The number of halogens is 1. The lowest BCUT2D eigenvalue weighted by Gasteiger charge is -2.19. The van der Waals surface area contributed by atoms with E-state index in [1.165, 1.54) is 19.4 Å². The van der Waals surface area contributed by atoms with Crippen molar-refractivity contribution >= 4 is 17.4 Å². The summed E-state index contributed by atoms with van der Waals surface area (Å²) in [6, 6.07) is 5.80. The fourth-order valence-corrected chi connectivity index (χ4v) is 2.66. The van der Waals surface area contributed by atoms with E-state index in [1.807, 2.05) is 0 Å². The smallest absolute Gasteiger partial charge is 0.130 e. The van der Waals surface area contributed by atoms with Gasteiger partial charge in [0.25, 0.3) is 0 Å². The van der Waals surface area contributed by atoms with E-state index in [0.29, 0.717) is 29.0 Å². The first-order chi connectivity index (χ1) is 9.08. The Balaban J connectivity index is 1.94. The summed E-state index contributed by atoms with van der Waals surface area (Å²) in [5, 5.41) is 8.10. The summed E-state index contributed by atoms with van der Waals surface area (Å²) in [5.74, 6) is 0.619. The largest absolute Gasteiger partial charge is 0.493 e. The van der Waals surface area contributed by atoms with Crippen LogP contribution in [-0.2, 0) is 0 Å². The third-order valence-corrected chi connectivity index (χ3v) is 3.85. The zero-order chi connectivity index (χ0) is 13.8. The van der Waals surface area contributed by atoms with Gasteiger partial charge in [-0.05, 0) is 51.1 Å². The van der Waals surface area contributed by atoms with Gasteiger partial charge in [-0.15, -0.1) is 0 Å². The topological polar surface area (TPSA) is 62.3 Å². The second kappa shape index (κ2) is 6.26. The highest BCUT2D eigenvalue weighted by molar-refractivity contribution is 6.31. The molecule has 0 aromatic heterocycles.